The van der Waals surface area contributed by atoms with Crippen LogP contribution in [0.4, 0.5) is 0 Å². The highest BCUT2D eigenvalue weighted by atomic mass is 35.5. The van der Waals surface area contributed by atoms with Crippen molar-refractivity contribution < 1.29 is 14.7 Å². The molecule has 1 aromatic heterocycles. The quantitative estimate of drug-likeness (QED) is 0.485. The lowest BCUT2D eigenvalue weighted by molar-refractivity contribution is -0.125. The third-order valence-electron chi connectivity index (χ3n) is 6.39. The first-order chi connectivity index (χ1) is 15.9. The van der Waals surface area contributed by atoms with Gasteiger partial charge in [-0.15, -0.1) is 0 Å². The number of rotatable bonds is 10. The number of benzene rings is 1. The summed E-state index contributed by atoms with van der Waals surface area (Å²) in [6.45, 7) is 3.69. The van der Waals surface area contributed by atoms with Gasteiger partial charge in [-0.1, -0.05) is 62.4 Å². The normalized spacial score (nSPS) is 17.2. The molecule has 1 saturated carbocycles. The summed E-state index contributed by atoms with van der Waals surface area (Å²) in [5, 5.41) is 17.1. The Kier molecular flexibility index (Phi) is 9.21. The summed E-state index contributed by atoms with van der Waals surface area (Å²) in [5.41, 5.74) is 1.55. The van der Waals surface area contributed by atoms with Crippen LogP contribution in [0.2, 0.25) is 0 Å². The van der Waals surface area contributed by atoms with Crippen molar-refractivity contribution in [2.24, 2.45) is 11.8 Å². The van der Waals surface area contributed by atoms with Gasteiger partial charge in [0.2, 0.25) is 5.91 Å². The second kappa shape index (κ2) is 12.1. The number of para-hydroxylation sites is 2. The van der Waals surface area contributed by atoms with Crippen LogP contribution >= 0.6 is 11.6 Å². The second-order valence-electron chi connectivity index (χ2n) is 8.90. The zero-order valence-corrected chi connectivity index (χ0v) is 19.9. The molecule has 0 bridgehead atoms. The predicted molar refractivity (Wildman–Crippen MR) is 130 cm³/mol. The standard InChI is InChI=1S/C25H33ClN4O3/c1-16(26)12-18(24(32)27-2)14-23(31)21(13-17-8-4-3-5-9-17)30-25(33)22-15-28-19-10-6-7-11-20(19)29-22/h6-7,10-11,15,17-18,21,23,31H,1,3-5,8-9,12-14H2,2H3,(H,27,32)(H,30,33)/t18-,21?,23+/m1/s1. The van der Waals surface area contributed by atoms with E-state index in [2.05, 4.69) is 27.2 Å². The first-order valence-electron chi connectivity index (χ1n) is 11.6. The largest absolute Gasteiger partial charge is 0.391 e. The van der Waals surface area contributed by atoms with E-state index in [-0.39, 0.29) is 30.3 Å². The van der Waals surface area contributed by atoms with Crippen LogP contribution in [0, 0.1) is 11.8 Å². The smallest absolute Gasteiger partial charge is 0.271 e. The maximum atomic E-state index is 13.1. The summed E-state index contributed by atoms with van der Waals surface area (Å²) in [7, 11) is 1.55. The van der Waals surface area contributed by atoms with Gasteiger partial charge in [-0.3, -0.25) is 14.6 Å². The summed E-state index contributed by atoms with van der Waals surface area (Å²) in [5.74, 6) is -0.700. The third kappa shape index (κ3) is 7.24. The zero-order chi connectivity index (χ0) is 23.8. The van der Waals surface area contributed by atoms with E-state index in [0.29, 0.717) is 28.4 Å². The van der Waals surface area contributed by atoms with Crippen molar-refractivity contribution in [3.05, 3.63) is 47.8 Å². The zero-order valence-electron chi connectivity index (χ0n) is 19.1. The van der Waals surface area contributed by atoms with Gasteiger partial charge in [0.05, 0.1) is 29.4 Å². The molecule has 3 rings (SSSR count). The van der Waals surface area contributed by atoms with E-state index in [1.165, 1.54) is 12.6 Å². The van der Waals surface area contributed by atoms with E-state index in [9.17, 15) is 14.7 Å². The van der Waals surface area contributed by atoms with Crippen molar-refractivity contribution in [2.45, 2.75) is 63.5 Å². The molecule has 1 heterocycles. The molecule has 1 aliphatic rings. The Labute approximate surface area is 200 Å². The van der Waals surface area contributed by atoms with Gasteiger partial charge >= 0.3 is 0 Å². The van der Waals surface area contributed by atoms with Crippen LogP contribution in [0.1, 0.15) is 61.9 Å². The molecule has 3 atom stereocenters. The number of carbonyl (C=O) groups excluding carboxylic acids is 2. The Morgan fingerprint density at radius 1 is 1.21 bits per heavy atom. The second-order valence-corrected chi connectivity index (χ2v) is 9.43. The summed E-state index contributed by atoms with van der Waals surface area (Å²) in [6.07, 6.45) is 7.31. The van der Waals surface area contributed by atoms with Crippen LogP contribution in [0.15, 0.2) is 42.1 Å². The number of aromatic nitrogens is 2. The molecule has 0 aliphatic heterocycles. The molecule has 0 spiro atoms. The van der Waals surface area contributed by atoms with E-state index in [1.807, 2.05) is 18.2 Å². The third-order valence-corrected chi connectivity index (χ3v) is 6.54. The molecule has 178 valence electrons. The Morgan fingerprint density at radius 2 is 1.91 bits per heavy atom. The highest BCUT2D eigenvalue weighted by Gasteiger charge is 2.31. The van der Waals surface area contributed by atoms with Crippen LogP contribution < -0.4 is 10.6 Å². The number of allylic oxidation sites excluding steroid dienone is 1. The van der Waals surface area contributed by atoms with Gasteiger partial charge in [-0.2, -0.15) is 0 Å². The fourth-order valence-electron chi connectivity index (χ4n) is 4.61. The molecule has 1 aliphatic carbocycles. The molecule has 0 radical (unpaired) electrons. The topological polar surface area (TPSA) is 104 Å². The van der Waals surface area contributed by atoms with Crippen molar-refractivity contribution in [1.82, 2.24) is 20.6 Å². The Bertz CT molecular complexity index is 977. The first kappa shape index (κ1) is 25.1. The SMILES string of the molecule is C=C(Cl)C[C@H](C[C@H](O)C(CC1CCCCC1)NC(=O)c1cnc2ccccc2n1)C(=O)NC. The highest BCUT2D eigenvalue weighted by molar-refractivity contribution is 6.29. The predicted octanol–water partition coefficient (Wildman–Crippen LogP) is 3.95. The minimum Gasteiger partial charge on any atom is -0.391 e. The minimum atomic E-state index is -0.914. The molecule has 33 heavy (non-hydrogen) atoms. The van der Waals surface area contributed by atoms with Gasteiger partial charge < -0.3 is 15.7 Å². The number of aliphatic hydroxyl groups is 1. The lowest BCUT2D eigenvalue weighted by Crippen LogP contribution is -2.46. The van der Waals surface area contributed by atoms with Crippen LogP contribution in [-0.2, 0) is 4.79 Å². The number of carbonyl (C=O) groups is 2. The maximum Gasteiger partial charge on any atom is 0.271 e. The van der Waals surface area contributed by atoms with Crippen LogP contribution in [0.5, 0.6) is 0 Å². The van der Waals surface area contributed by atoms with E-state index >= 15 is 0 Å². The average molecular weight is 473 g/mol. The molecule has 1 fully saturated rings. The van der Waals surface area contributed by atoms with Crippen LogP contribution in [0.25, 0.3) is 11.0 Å². The van der Waals surface area contributed by atoms with E-state index in [1.54, 1.807) is 13.1 Å². The summed E-state index contributed by atoms with van der Waals surface area (Å²) in [6, 6.07) is 6.84. The molecule has 2 amide bonds. The first-order valence-corrected chi connectivity index (χ1v) is 12.0. The summed E-state index contributed by atoms with van der Waals surface area (Å²) in [4.78, 5) is 34.1. The lowest BCUT2D eigenvalue weighted by atomic mass is 9.82. The minimum absolute atomic E-state index is 0.173. The number of nitrogens with one attached hydrogen (secondary N) is 2. The number of hydrogen-bond acceptors (Lipinski definition) is 5. The van der Waals surface area contributed by atoms with E-state index in [0.717, 1.165) is 25.7 Å². The number of aliphatic hydroxyl groups excluding tert-OH is 1. The van der Waals surface area contributed by atoms with Crippen molar-refractivity contribution in [2.75, 3.05) is 7.05 Å². The fraction of sp³-hybridized carbons (Fsp3) is 0.520. The molecule has 7 nitrogen and oxygen atoms in total. The number of halogens is 1. The molecule has 2 aromatic rings. The number of hydrogen-bond donors (Lipinski definition) is 3. The van der Waals surface area contributed by atoms with Gasteiger partial charge in [0, 0.05) is 18.0 Å². The van der Waals surface area contributed by atoms with Crippen molar-refractivity contribution in [3.63, 3.8) is 0 Å². The van der Waals surface area contributed by atoms with Crippen molar-refractivity contribution >= 4 is 34.4 Å². The van der Waals surface area contributed by atoms with Gasteiger partial charge in [0.1, 0.15) is 5.69 Å². The van der Waals surface area contributed by atoms with Crippen LogP contribution in [0.3, 0.4) is 0 Å². The molecule has 0 saturated heterocycles. The van der Waals surface area contributed by atoms with E-state index < -0.39 is 18.1 Å². The lowest BCUT2D eigenvalue weighted by Gasteiger charge is -2.31. The Balaban J connectivity index is 1.77. The van der Waals surface area contributed by atoms with Gasteiger partial charge in [-0.25, -0.2) is 4.98 Å². The Morgan fingerprint density at radius 3 is 2.58 bits per heavy atom. The molecule has 1 unspecified atom stereocenters. The molecule has 1 aromatic carbocycles. The molecule has 3 N–H and O–H groups in total. The monoisotopic (exact) mass is 472 g/mol. The molecular weight excluding hydrogens is 440 g/mol. The summed E-state index contributed by atoms with van der Waals surface area (Å²) < 4.78 is 0. The van der Waals surface area contributed by atoms with Gasteiger partial charge in [0.15, 0.2) is 0 Å². The number of fused-ring (bicyclic) bond motifs is 1. The molecule has 8 heteroatoms. The van der Waals surface area contributed by atoms with Gasteiger partial charge in [0.25, 0.3) is 5.91 Å². The summed E-state index contributed by atoms with van der Waals surface area (Å²) >= 11 is 5.96. The highest BCUT2D eigenvalue weighted by Crippen LogP contribution is 2.29. The van der Waals surface area contributed by atoms with Crippen molar-refractivity contribution in [1.29, 1.82) is 0 Å². The fourth-order valence-corrected chi connectivity index (χ4v) is 4.80. The van der Waals surface area contributed by atoms with Crippen LogP contribution in [-0.4, -0.2) is 46.1 Å². The van der Waals surface area contributed by atoms with Gasteiger partial charge in [-0.05, 0) is 37.3 Å². The molecular formula is C25H33ClN4O3. The maximum absolute atomic E-state index is 13.1. The number of nitrogens with zero attached hydrogens (tertiary/aromatic N) is 2. The average Bonchev–Trinajstić information content (AvgIpc) is 2.82. The van der Waals surface area contributed by atoms with E-state index in [4.69, 9.17) is 11.6 Å². The Hall–Kier alpha value is -2.51. The van der Waals surface area contributed by atoms with Crippen molar-refractivity contribution in [3.8, 4) is 0 Å². The number of amides is 2.